The molecule has 0 unspecified atom stereocenters. The van der Waals surface area contributed by atoms with Gasteiger partial charge in [0.1, 0.15) is 5.75 Å². The number of nitrogen functional groups attached to an aromatic ring is 1. The number of carbonyl (C=O) groups excluding carboxylic acids is 2. The van der Waals surface area contributed by atoms with Crippen LogP contribution >= 0.6 is 0 Å². The van der Waals surface area contributed by atoms with Crippen LogP contribution in [0.5, 0.6) is 17.2 Å². The van der Waals surface area contributed by atoms with E-state index in [1.807, 2.05) is 0 Å². The Morgan fingerprint density at radius 3 is 2.32 bits per heavy atom. The monoisotopic (exact) mass is 344 g/mol. The summed E-state index contributed by atoms with van der Waals surface area (Å²) in [5.74, 6) is 3.31. The maximum absolute atomic E-state index is 11.9. The van der Waals surface area contributed by atoms with Gasteiger partial charge in [-0.2, -0.15) is 0 Å². The molecule has 8 N–H and O–H groups in total. The number of aromatic hydroxyl groups is 3. The molecule has 0 heterocycles. The zero-order valence-corrected chi connectivity index (χ0v) is 12.9. The topological polar surface area (TPSA) is 162 Å². The summed E-state index contributed by atoms with van der Waals surface area (Å²) < 4.78 is 0. The van der Waals surface area contributed by atoms with E-state index >= 15 is 0 Å². The van der Waals surface area contributed by atoms with Crippen molar-refractivity contribution in [1.29, 1.82) is 0 Å². The second kappa shape index (κ2) is 7.23. The molecule has 0 aliphatic heterocycles. The van der Waals surface area contributed by atoms with Gasteiger partial charge in [-0.15, -0.1) is 0 Å². The molecule has 0 atom stereocenters. The number of hydrazine groups is 1. The quantitative estimate of drug-likeness (QED) is 0.0908. The first-order chi connectivity index (χ1) is 11.8. The van der Waals surface area contributed by atoms with Crippen molar-refractivity contribution < 1.29 is 24.9 Å². The Balaban J connectivity index is 2.01. The van der Waals surface area contributed by atoms with Gasteiger partial charge in [0.25, 0.3) is 5.91 Å². The third kappa shape index (κ3) is 4.39. The van der Waals surface area contributed by atoms with Gasteiger partial charge in [-0.05, 0) is 24.3 Å². The Hall–Kier alpha value is -3.72. The van der Waals surface area contributed by atoms with E-state index in [4.69, 9.17) is 11.6 Å². The van der Waals surface area contributed by atoms with Crippen LogP contribution in [0.25, 0.3) is 0 Å². The molecular formula is C16H16N4O5. The summed E-state index contributed by atoms with van der Waals surface area (Å²) in [4.78, 5) is 23.7. The van der Waals surface area contributed by atoms with Gasteiger partial charge < -0.3 is 26.4 Å². The van der Waals surface area contributed by atoms with Crippen LogP contribution in [0.3, 0.4) is 0 Å². The van der Waals surface area contributed by atoms with Crippen LogP contribution in [0.4, 0.5) is 17.1 Å². The fourth-order valence-corrected chi connectivity index (χ4v) is 1.82. The maximum atomic E-state index is 11.9. The first-order valence-corrected chi connectivity index (χ1v) is 6.96. The number of nitrogens with two attached hydrogens (primary N) is 2. The number of rotatable bonds is 4. The number of nitrogens with one attached hydrogen (secondary N) is 1. The zero-order valence-electron chi connectivity index (χ0n) is 12.9. The zero-order chi connectivity index (χ0) is 18.6. The summed E-state index contributed by atoms with van der Waals surface area (Å²) in [6.07, 6.45) is 1.88. The van der Waals surface area contributed by atoms with Gasteiger partial charge in [0.2, 0.25) is 5.91 Å². The summed E-state index contributed by atoms with van der Waals surface area (Å²) in [5.41, 5.74) is 6.01. The van der Waals surface area contributed by atoms with Gasteiger partial charge in [-0.3, -0.25) is 9.59 Å². The molecule has 25 heavy (non-hydrogen) atoms. The first-order valence-electron chi connectivity index (χ1n) is 6.96. The number of benzene rings is 2. The van der Waals surface area contributed by atoms with Gasteiger partial charge in [0, 0.05) is 30.0 Å². The minimum atomic E-state index is -0.715. The highest BCUT2D eigenvalue weighted by Crippen LogP contribution is 2.27. The Labute approximate surface area is 142 Å². The molecule has 0 aromatic heterocycles. The summed E-state index contributed by atoms with van der Waals surface area (Å²) in [7, 11) is 0. The highest BCUT2D eigenvalue weighted by Gasteiger charge is 2.11. The van der Waals surface area contributed by atoms with Crippen molar-refractivity contribution in [1.82, 2.24) is 0 Å². The van der Waals surface area contributed by atoms with Crippen molar-refractivity contribution >= 4 is 28.9 Å². The minimum absolute atomic E-state index is 0.136. The molecule has 0 saturated carbocycles. The highest BCUT2D eigenvalue weighted by molar-refractivity contribution is 6.07. The number of phenolic OH excluding ortho intramolecular Hbond substituents is 3. The maximum Gasteiger partial charge on any atom is 0.265 e. The van der Waals surface area contributed by atoms with Gasteiger partial charge >= 0.3 is 0 Å². The second-order valence-electron chi connectivity index (χ2n) is 4.98. The van der Waals surface area contributed by atoms with Crippen LogP contribution in [0.1, 0.15) is 0 Å². The summed E-state index contributed by atoms with van der Waals surface area (Å²) >= 11 is 0. The number of nitrogens with zero attached hydrogens (tertiary/aromatic N) is 1. The molecule has 9 heteroatoms. The average Bonchev–Trinajstić information content (AvgIpc) is 2.58. The van der Waals surface area contributed by atoms with E-state index in [2.05, 4.69) is 5.32 Å². The van der Waals surface area contributed by atoms with Crippen LogP contribution in [0, 0.1) is 0 Å². The normalized spacial score (nSPS) is 10.6. The molecule has 0 fully saturated rings. The first kappa shape index (κ1) is 17.6. The summed E-state index contributed by atoms with van der Waals surface area (Å²) in [6.45, 7) is 0. The van der Waals surface area contributed by atoms with E-state index in [1.165, 1.54) is 30.3 Å². The number of hydrogen-bond acceptors (Lipinski definition) is 7. The lowest BCUT2D eigenvalue weighted by Gasteiger charge is -2.15. The SMILES string of the molecule is Nc1ccc(N(N)C(=O)/C=C/C(=O)Nc2ccc(O)c(O)c2)cc1O. The van der Waals surface area contributed by atoms with Crippen LogP contribution in [0.2, 0.25) is 0 Å². The molecular weight excluding hydrogens is 328 g/mol. The number of anilines is 3. The molecule has 0 aliphatic carbocycles. The Bertz CT molecular complexity index is 850. The fourth-order valence-electron chi connectivity index (χ4n) is 1.82. The van der Waals surface area contributed by atoms with Crippen molar-refractivity contribution in [3.63, 3.8) is 0 Å². The Morgan fingerprint density at radius 1 is 0.960 bits per heavy atom. The largest absolute Gasteiger partial charge is 0.506 e. The van der Waals surface area contributed by atoms with E-state index in [0.717, 1.165) is 23.2 Å². The predicted molar refractivity (Wildman–Crippen MR) is 91.7 cm³/mol. The molecule has 130 valence electrons. The van der Waals surface area contributed by atoms with Gasteiger partial charge in [0.05, 0.1) is 11.4 Å². The lowest BCUT2D eigenvalue weighted by Crippen LogP contribution is -2.36. The molecule has 9 nitrogen and oxygen atoms in total. The van der Waals surface area contributed by atoms with Crippen LogP contribution in [-0.4, -0.2) is 27.1 Å². The van der Waals surface area contributed by atoms with Gasteiger partial charge in [0.15, 0.2) is 11.5 Å². The van der Waals surface area contributed by atoms with Gasteiger partial charge in [-0.25, -0.2) is 10.9 Å². The van der Waals surface area contributed by atoms with Crippen LogP contribution < -0.4 is 21.9 Å². The van der Waals surface area contributed by atoms with Crippen molar-refractivity contribution in [3.05, 3.63) is 48.6 Å². The highest BCUT2D eigenvalue weighted by atomic mass is 16.3. The molecule has 2 rings (SSSR count). The molecule has 2 aromatic rings. The summed E-state index contributed by atoms with van der Waals surface area (Å²) in [5, 5.41) is 31.2. The van der Waals surface area contributed by atoms with E-state index < -0.39 is 17.6 Å². The third-order valence-electron chi connectivity index (χ3n) is 3.15. The van der Waals surface area contributed by atoms with E-state index in [9.17, 15) is 24.9 Å². The summed E-state index contributed by atoms with van der Waals surface area (Å²) in [6, 6.07) is 7.74. The average molecular weight is 344 g/mol. The predicted octanol–water partition coefficient (Wildman–Crippen LogP) is 0.787. The molecule has 0 spiro atoms. The van der Waals surface area contributed by atoms with E-state index in [0.29, 0.717) is 0 Å². The van der Waals surface area contributed by atoms with Crippen molar-refractivity contribution in [2.45, 2.75) is 0 Å². The van der Waals surface area contributed by atoms with Crippen molar-refractivity contribution in [2.24, 2.45) is 5.84 Å². The molecule has 0 aliphatic rings. The molecule has 0 saturated heterocycles. The lowest BCUT2D eigenvalue weighted by atomic mass is 10.2. The van der Waals surface area contributed by atoms with Crippen LogP contribution in [-0.2, 0) is 9.59 Å². The molecule has 2 amide bonds. The Kier molecular flexibility index (Phi) is 5.10. The number of carbonyl (C=O) groups is 2. The van der Waals surface area contributed by atoms with Crippen LogP contribution in [0.15, 0.2) is 48.6 Å². The standard InChI is InChI=1S/C16H16N4O5/c17-11-3-2-10(8-13(11)22)20(18)16(25)6-5-15(24)19-9-1-4-12(21)14(23)7-9/h1-8,21-23H,17-18H2,(H,19,24)/b6-5+. The molecule has 2 aromatic carbocycles. The minimum Gasteiger partial charge on any atom is -0.506 e. The number of hydrogen-bond donors (Lipinski definition) is 6. The third-order valence-corrected chi connectivity index (χ3v) is 3.15. The Morgan fingerprint density at radius 2 is 1.68 bits per heavy atom. The molecule has 0 bridgehead atoms. The number of amides is 2. The van der Waals surface area contributed by atoms with E-state index in [1.54, 1.807) is 0 Å². The lowest BCUT2D eigenvalue weighted by molar-refractivity contribution is -0.115. The van der Waals surface area contributed by atoms with Crippen molar-refractivity contribution in [2.75, 3.05) is 16.1 Å². The smallest absolute Gasteiger partial charge is 0.265 e. The van der Waals surface area contributed by atoms with Crippen molar-refractivity contribution in [3.8, 4) is 17.2 Å². The fraction of sp³-hybridized carbons (Fsp3) is 0. The van der Waals surface area contributed by atoms with Gasteiger partial charge in [-0.1, -0.05) is 0 Å². The van der Waals surface area contributed by atoms with E-state index in [-0.39, 0.29) is 28.6 Å². The second-order valence-corrected chi connectivity index (χ2v) is 4.98. The number of phenols is 3. The molecule has 0 radical (unpaired) electrons.